The van der Waals surface area contributed by atoms with Crippen molar-refractivity contribution in [2.45, 2.75) is 29.0 Å². The Balaban J connectivity index is 0.00000145. The van der Waals surface area contributed by atoms with E-state index in [0.29, 0.717) is 25.4 Å². The summed E-state index contributed by atoms with van der Waals surface area (Å²) in [6.07, 6.45) is 0.118. The summed E-state index contributed by atoms with van der Waals surface area (Å²) in [6.45, 7) is 1.51. The van der Waals surface area contributed by atoms with Crippen molar-refractivity contribution in [3.05, 3.63) is 60.2 Å². The number of piperidine rings is 1. The van der Waals surface area contributed by atoms with Gasteiger partial charge in [-0.3, -0.25) is 9.69 Å². The van der Waals surface area contributed by atoms with Gasteiger partial charge in [-0.2, -0.15) is 0 Å². The van der Waals surface area contributed by atoms with Crippen molar-refractivity contribution in [3.63, 3.8) is 0 Å². The predicted molar refractivity (Wildman–Crippen MR) is 107 cm³/mol. The normalized spacial score (nSPS) is 16.4. The van der Waals surface area contributed by atoms with Crippen LogP contribution in [-0.2, 0) is 21.2 Å². The molecule has 0 saturated carbocycles. The minimum absolute atomic E-state index is 0.0159. The molecule has 0 unspecified atom stereocenters. The van der Waals surface area contributed by atoms with E-state index in [-0.39, 0.29) is 17.7 Å². The van der Waals surface area contributed by atoms with E-state index in [2.05, 4.69) is 10.8 Å². The topological polar surface area (TPSA) is 130 Å². The third kappa shape index (κ3) is 4.76. The van der Waals surface area contributed by atoms with Crippen LogP contribution in [0.3, 0.4) is 0 Å². The average Bonchev–Trinajstić information content (AvgIpc) is 2.76. The van der Waals surface area contributed by atoms with Crippen molar-refractivity contribution < 1.29 is 28.3 Å². The third-order valence-electron chi connectivity index (χ3n) is 5.19. The molecule has 1 fully saturated rings. The third-order valence-corrected chi connectivity index (χ3v) is 7.69. The van der Waals surface area contributed by atoms with Crippen molar-refractivity contribution >= 4 is 15.8 Å². The number of nitrogens with two attached hydrogens (primary N) is 1. The molecular formula is C20H26N2O6S. The van der Waals surface area contributed by atoms with Gasteiger partial charge >= 0.3 is 5.97 Å². The predicted octanol–water partition coefficient (Wildman–Crippen LogP) is 1.92. The van der Waals surface area contributed by atoms with E-state index in [1.165, 1.54) is 31.4 Å². The molecule has 0 spiro atoms. The van der Waals surface area contributed by atoms with Crippen LogP contribution in [0.2, 0.25) is 0 Å². The molecule has 0 amide bonds. The molecule has 1 saturated heterocycles. The zero-order valence-corrected chi connectivity index (χ0v) is 17.0. The lowest BCUT2D eigenvalue weighted by Gasteiger charge is -2.38. The van der Waals surface area contributed by atoms with Gasteiger partial charge in [-0.1, -0.05) is 30.3 Å². The molecule has 0 aliphatic carbocycles. The molecule has 29 heavy (non-hydrogen) atoms. The van der Waals surface area contributed by atoms with E-state index in [0.717, 1.165) is 5.56 Å². The van der Waals surface area contributed by atoms with Gasteiger partial charge in [0, 0.05) is 19.6 Å². The smallest absolute Gasteiger partial charge is 0.325 e. The average molecular weight is 423 g/mol. The van der Waals surface area contributed by atoms with Gasteiger partial charge in [-0.25, -0.2) is 14.3 Å². The second-order valence-electron chi connectivity index (χ2n) is 6.74. The maximum atomic E-state index is 13.2. The molecule has 0 atom stereocenters. The van der Waals surface area contributed by atoms with Crippen molar-refractivity contribution in [1.82, 2.24) is 4.90 Å². The Morgan fingerprint density at radius 2 is 1.62 bits per heavy atom. The molecule has 4 N–H and O–H groups in total. The molecule has 2 aromatic carbocycles. The van der Waals surface area contributed by atoms with Gasteiger partial charge in [0.25, 0.3) is 0 Å². The van der Waals surface area contributed by atoms with Crippen LogP contribution in [0.4, 0.5) is 0 Å². The Kier molecular flexibility index (Phi) is 7.74. The number of benzene rings is 2. The molecule has 158 valence electrons. The van der Waals surface area contributed by atoms with Crippen molar-refractivity contribution in [1.29, 1.82) is 0 Å². The Morgan fingerprint density at radius 1 is 1.07 bits per heavy atom. The standard InChI is InChI=1S/C20H23NO5S.H3NO/c1-26-17-7-9-18(10-8-17)27(24,25)20(19(22)23)11-13-21(14-12-20)15-16-5-3-2-4-6-16;1-2/h2-10H,11-15H2,1H3,(H,22,23);2H,1H2. The van der Waals surface area contributed by atoms with Gasteiger partial charge in [-0.05, 0) is 42.7 Å². The molecule has 1 heterocycles. The van der Waals surface area contributed by atoms with E-state index >= 15 is 0 Å². The maximum Gasteiger partial charge on any atom is 0.325 e. The van der Waals surface area contributed by atoms with Gasteiger partial charge in [0.1, 0.15) is 5.75 Å². The van der Waals surface area contributed by atoms with E-state index in [1.54, 1.807) is 0 Å². The highest BCUT2D eigenvalue weighted by atomic mass is 32.2. The molecule has 9 heteroatoms. The fraction of sp³-hybridized carbons (Fsp3) is 0.350. The Labute approximate surface area is 170 Å². The second-order valence-corrected chi connectivity index (χ2v) is 9.00. The summed E-state index contributed by atoms with van der Waals surface area (Å²) in [5.74, 6) is 2.74. The van der Waals surface area contributed by atoms with Crippen LogP contribution < -0.4 is 10.6 Å². The van der Waals surface area contributed by atoms with E-state index in [9.17, 15) is 18.3 Å². The van der Waals surface area contributed by atoms with Crippen LogP contribution >= 0.6 is 0 Å². The summed E-state index contributed by atoms with van der Waals surface area (Å²) in [5, 5.41) is 16.3. The molecule has 3 rings (SSSR count). The molecule has 0 bridgehead atoms. The number of hydrogen-bond acceptors (Lipinski definition) is 7. The first-order valence-corrected chi connectivity index (χ1v) is 10.5. The van der Waals surface area contributed by atoms with Crippen LogP contribution in [0.15, 0.2) is 59.5 Å². The summed E-state index contributed by atoms with van der Waals surface area (Å²) in [7, 11) is -2.54. The fourth-order valence-corrected chi connectivity index (χ4v) is 5.39. The summed E-state index contributed by atoms with van der Waals surface area (Å²) >= 11 is 0. The van der Waals surface area contributed by atoms with Gasteiger partial charge in [0.15, 0.2) is 14.6 Å². The number of carboxylic acid groups (broad SMARTS) is 1. The first-order valence-electron chi connectivity index (χ1n) is 9.03. The summed E-state index contributed by atoms with van der Waals surface area (Å²) < 4.78 is 29.6. The lowest BCUT2D eigenvalue weighted by atomic mass is 9.95. The number of methoxy groups -OCH3 is 1. The number of aliphatic carboxylic acids is 1. The number of sulfone groups is 1. The van der Waals surface area contributed by atoms with Crippen LogP contribution in [0, 0.1) is 0 Å². The largest absolute Gasteiger partial charge is 0.497 e. The SMILES string of the molecule is COc1ccc(S(=O)(=O)C2(C(=O)O)CCN(Cc3ccccc3)CC2)cc1.NO. The number of hydrogen-bond donors (Lipinski definition) is 3. The molecule has 0 radical (unpaired) electrons. The Bertz CT molecular complexity index is 892. The van der Waals surface area contributed by atoms with Gasteiger partial charge in [0.05, 0.1) is 12.0 Å². The number of rotatable bonds is 6. The number of nitrogens with zero attached hydrogens (tertiary/aromatic N) is 1. The van der Waals surface area contributed by atoms with Gasteiger partial charge in [-0.15, -0.1) is 0 Å². The first kappa shape index (κ1) is 22.8. The van der Waals surface area contributed by atoms with Crippen molar-refractivity contribution in [3.8, 4) is 5.75 Å². The first-order chi connectivity index (χ1) is 13.9. The van der Waals surface area contributed by atoms with Gasteiger partial charge < -0.3 is 15.1 Å². The minimum Gasteiger partial charge on any atom is -0.497 e. The number of likely N-dealkylation sites (tertiary alicyclic amines) is 1. The highest BCUT2D eigenvalue weighted by Gasteiger charge is 2.53. The zero-order chi connectivity index (χ0) is 21.5. The van der Waals surface area contributed by atoms with Crippen molar-refractivity contribution in [2.75, 3.05) is 20.2 Å². The van der Waals surface area contributed by atoms with Crippen LogP contribution in [0.1, 0.15) is 18.4 Å². The quantitative estimate of drug-likeness (QED) is 0.602. The highest BCUT2D eigenvalue weighted by molar-refractivity contribution is 7.93. The Hall–Kier alpha value is -2.46. The zero-order valence-electron chi connectivity index (χ0n) is 16.2. The second kappa shape index (κ2) is 9.84. The molecule has 0 aromatic heterocycles. The molecule has 8 nitrogen and oxygen atoms in total. The Morgan fingerprint density at radius 3 is 2.10 bits per heavy atom. The lowest BCUT2D eigenvalue weighted by Crippen LogP contribution is -2.54. The van der Waals surface area contributed by atoms with Gasteiger partial charge in [0.2, 0.25) is 0 Å². The monoisotopic (exact) mass is 422 g/mol. The van der Waals surface area contributed by atoms with Crippen LogP contribution in [-0.4, -0.2) is 54.5 Å². The minimum atomic E-state index is -4.03. The maximum absolute atomic E-state index is 13.2. The van der Waals surface area contributed by atoms with Crippen LogP contribution in [0.25, 0.3) is 0 Å². The molecule has 1 aliphatic rings. The summed E-state index contributed by atoms with van der Waals surface area (Å²) in [5.41, 5.74) is 1.12. The number of carboxylic acids is 1. The summed E-state index contributed by atoms with van der Waals surface area (Å²) in [6, 6.07) is 15.8. The fourth-order valence-electron chi connectivity index (χ4n) is 3.49. The van der Waals surface area contributed by atoms with E-state index in [4.69, 9.17) is 9.94 Å². The van der Waals surface area contributed by atoms with E-state index in [1.807, 2.05) is 30.3 Å². The van der Waals surface area contributed by atoms with Crippen LogP contribution in [0.5, 0.6) is 5.75 Å². The lowest BCUT2D eigenvalue weighted by molar-refractivity contribution is -0.141. The summed E-state index contributed by atoms with van der Waals surface area (Å²) in [4.78, 5) is 14.2. The molecule has 2 aromatic rings. The van der Waals surface area contributed by atoms with Crippen molar-refractivity contribution in [2.24, 2.45) is 5.90 Å². The molecular weight excluding hydrogens is 396 g/mol. The number of carbonyl (C=O) groups is 1. The van der Waals surface area contributed by atoms with E-state index < -0.39 is 20.6 Å². The number of ether oxygens (including phenoxy) is 1. The molecule has 1 aliphatic heterocycles. The highest BCUT2D eigenvalue weighted by Crippen LogP contribution is 2.36.